The number of carbonyl (C=O) groups excluding carboxylic acids is 1. The lowest BCUT2D eigenvalue weighted by Gasteiger charge is -2.12. The van der Waals surface area contributed by atoms with Crippen molar-refractivity contribution < 1.29 is 14.3 Å². The highest BCUT2D eigenvalue weighted by Crippen LogP contribution is 2.24. The number of nitrogens with zero attached hydrogens (tertiary/aromatic N) is 3. The monoisotopic (exact) mass is 414 g/mol. The maximum Gasteiger partial charge on any atom is 0.255 e. The Morgan fingerprint density at radius 2 is 1.84 bits per heavy atom. The highest BCUT2D eigenvalue weighted by Gasteiger charge is 2.13. The molecule has 0 saturated heterocycles. The quantitative estimate of drug-likeness (QED) is 0.437. The zero-order chi connectivity index (χ0) is 21.5. The lowest BCUT2D eigenvalue weighted by molar-refractivity contribution is 0.102. The van der Waals surface area contributed by atoms with Crippen molar-refractivity contribution in [3.05, 3.63) is 90.8 Å². The van der Waals surface area contributed by atoms with Crippen molar-refractivity contribution in [1.29, 1.82) is 0 Å². The fourth-order valence-electron chi connectivity index (χ4n) is 3.13. The number of pyridine rings is 1. The van der Waals surface area contributed by atoms with E-state index < -0.39 is 0 Å². The Bertz CT molecular complexity index is 1160. The summed E-state index contributed by atoms with van der Waals surface area (Å²) >= 11 is 0. The van der Waals surface area contributed by atoms with E-state index in [9.17, 15) is 4.79 Å². The van der Waals surface area contributed by atoms with Gasteiger partial charge in [0.05, 0.1) is 24.2 Å². The summed E-state index contributed by atoms with van der Waals surface area (Å²) in [5.74, 6) is 0.0855. The Morgan fingerprint density at radius 1 is 0.968 bits per heavy atom. The van der Waals surface area contributed by atoms with Gasteiger partial charge >= 0.3 is 0 Å². The van der Waals surface area contributed by atoms with Crippen LogP contribution in [0, 0.1) is 0 Å². The van der Waals surface area contributed by atoms with E-state index in [0.29, 0.717) is 30.3 Å². The molecule has 0 aliphatic rings. The highest BCUT2D eigenvalue weighted by atomic mass is 16.5. The molecule has 4 aromatic rings. The fraction of sp³-hybridized carbons (Fsp3) is 0.125. The largest absolute Gasteiger partial charge is 0.474 e. The standard InChI is InChI=1S/C24H22N4O3/c1-30-15-16-31-24-21(11-6-13-25-24)27-23(29)19-9-5-10-20(17-19)28-22(12-14-26-28)18-7-3-2-4-8-18/h2-14,17H,15-16H2,1H3,(H,27,29). The number of hydrogen-bond acceptors (Lipinski definition) is 5. The number of aromatic nitrogens is 3. The van der Waals surface area contributed by atoms with Crippen molar-refractivity contribution in [3.8, 4) is 22.8 Å². The molecule has 0 radical (unpaired) electrons. The van der Waals surface area contributed by atoms with E-state index in [2.05, 4.69) is 15.4 Å². The minimum atomic E-state index is -0.264. The Labute approximate surface area is 180 Å². The molecule has 0 aliphatic heterocycles. The molecule has 0 bridgehead atoms. The van der Waals surface area contributed by atoms with E-state index in [1.807, 2.05) is 53.2 Å². The summed E-state index contributed by atoms with van der Waals surface area (Å²) in [6.45, 7) is 0.771. The molecule has 7 heteroatoms. The minimum Gasteiger partial charge on any atom is -0.474 e. The third kappa shape index (κ3) is 4.79. The SMILES string of the molecule is COCCOc1ncccc1NC(=O)c1cccc(-n2nccc2-c2ccccc2)c1. The van der Waals surface area contributed by atoms with E-state index in [4.69, 9.17) is 9.47 Å². The van der Waals surface area contributed by atoms with Gasteiger partial charge in [0.1, 0.15) is 12.3 Å². The molecule has 1 amide bonds. The predicted molar refractivity (Wildman–Crippen MR) is 119 cm³/mol. The summed E-state index contributed by atoms with van der Waals surface area (Å²) in [5.41, 5.74) is 3.78. The second-order valence-electron chi connectivity index (χ2n) is 6.70. The van der Waals surface area contributed by atoms with Crippen LogP contribution in [0.25, 0.3) is 16.9 Å². The summed E-state index contributed by atoms with van der Waals surface area (Å²) < 4.78 is 12.4. The number of methoxy groups -OCH3 is 1. The van der Waals surface area contributed by atoms with E-state index in [1.54, 1.807) is 43.8 Å². The summed E-state index contributed by atoms with van der Waals surface area (Å²) in [5, 5.41) is 7.32. The molecule has 31 heavy (non-hydrogen) atoms. The second-order valence-corrected chi connectivity index (χ2v) is 6.70. The normalized spacial score (nSPS) is 10.6. The molecule has 7 nitrogen and oxygen atoms in total. The van der Waals surface area contributed by atoms with E-state index in [1.165, 1.54) is 0 Å². The molecule has 1 N–H and O–H groups in total. The molecule has 2 heterocycles. The second kappa shape index (κ2) is 9.69. The molecule has 2 aromatic heterocycles. The number of carbonyl (C=O) groups is 1. The lowest BCUT2D eigenvalue weighted by atomic mass is 10.1. The first-order valence-corrected chi connectivity index (χ1v) is 9.84. The van der Waals surface area contributed by atoms with Crippen molar-refractivity contribution in [3.63, 3.8) is 0 Å². The van der Waals surface area contributed by atoms with Crippen LogP contribution in [0.15, 0.2) is 85.2 Å². The smallest absolute Gasteiger partial charge is 0.255 e. The molecular formula is C24H22N4O3. The first-order valence-electron chi connectivity index (χ1n) is 9.84. The van der Waals surface area contributed by atoms with Gasteiger partial charge in [0.15, 0.2) is 0 Å². The molecule has 0 saturated carbocycles. The van der Waals surface area contributed by atoms with Crippen molar-refractivity contribution in [1.82, 2.24) is 14.8 Å². The summed E-state index contributed by atoms with van der Waals surface area (Å²) in [4.78, 5) is 17.1. The zero-order valence-electron chi connectivity index (χ0n) is 17.1. The van der Waals surface area contributed by atoms with Gasteiger partial charge in [-0.1, -0.05) is 36.4 Å². The molecule has 0 fully saturated rings. The summed E-state index contributed by atoms with van der Waals surface area (Å²) in [6, 6.07) is 22.7. The van der Waals surface area contributed by atoms with Crippen LogP contribution in [0.3, 0.4) is 0 Å². The lowest BCUT2D eigenvalue weighted by Crippen LogP contribution is -2.15. The zero-order valence-corrected chi connectivity index (χ0v) is 17.1. The molecule has 4 rings (SSSR count). The topological polar surface area (TPSA) is 78.3 Å². The minimum absolute atomic E-state index is 0.264. The Morgan fingerprint density at radius 3 is 2.68 bits per heavy atom. The van der Waals surface area contributed by atoms with Crippen LogP contribution >= 0.6 is 0 Å². The van der Waals surface area contributed by atoms with Gasteiger partial charge < -0.3 is 14.8 Å². The number of hydrogen-bond donors (Lipinski definition) is 1. The molecule has 2 aromatic carbocycles. The van der Waals surface area contributed by atoms with Gasteiger partial charge in [-0.05, 0) is 36.4 Å². The van der Waals surface area contributed by atoms with Crippen LogP contribution in [0.1, 0.15) is 10.4 Å². The van der Waals surface area contributed by atoms with Gasteiger partial charge in [-0.15, -0.1) is 0 Å². The van der Waals surface area contributed by atoms with Gasteiger partial charge in [-0.2, -0.15) is 5.10 Å². The molecule has 0 spiro atoms. The maximum absolute atomic E-state index is 12.9. The number of rotatable bonds is 8. The first kappa shape index (κ1) is 20.3. The third-order valence-corrected chi connectivity index (χ3v) is 4.61. The molecule has 156 valence electrons. The molecule has 0 atom stereocenters. The summed E-state index contributed by atoms with van der Waals surface area (Å²) in [6.07, 6.45) is 3.36. The van der Waals surface area contributed by atoms with Gasteiger partial charge in [-0.25, -0.2) is 9.67 Å². The van der Waals surface area contributed by atoms with Gasteiger partial charge in [-0.3, -0.25) is 4.79 Å². The van der Waals surface area contributed by atoms with Crippen LogP contribution in [-0.4, -0.2) is 41.0 Å². The summed E-state index contributed by atoms with van der Waals surface area (Å²) in [7, 11) is 1.60. The number of benzene rings is 2. The Hall–Kier alpha value is -3.97. The van der Waals surface area contributed by atoms with Crippen LogP contribution in [0.2, 0.25) is 0 Å². The van der Waals surface area contributed by atoms with E-state index in [-0.39, 0.29) is 5.91 Å². The van der Waals surface area contributed by atoms with Gasteiger partial charge in [0.2, 0.25) is 5.88 Å². The Kier molecular flexibility index (Phi) is 6.35. The first-order chi connectivity index (χ1) is 15.3. The van der Waals surface area contributed by atoms with Crippen LogP contribution in [0.5, 0.6) is 5.88 Å². The van der Waals surface area contributed by atoms with Crippen LogP contribution in [-0.2, 0) is 4.74 Å². The van der Waals surface area contributed by atoms with Crippen molar-refractivity contribution in [2.75, 3.05) is 25.6 Å². The number of ether oxygens (including phenoxy) is 2. The van der Waals surface area contributed by atoms with E-state index >= 15 is 0 Å². The third-order valence-electron chi connectivity index (χ3n) is 4.61. The van der Waals surface area contributed by atoms with E-state index in [0.717, 1.165) is 16.9 Å². The van der Waals surface area contributed by atoms with Gasteiger partial charge in [0.25, 0.3) is 5.91 Å². The van der Waals surface area contributed by atoms with Crippen LogP contribution < -0.4 is 10.1 Å². The number of anilines is 1. The Balaban J connectivity index is 1.57. The van der Waals surface area contributed by atoms with Gasteiger partial charge in [0, 0.05) is 24.4 Å². The fourth-order valence-corrected chi connectivity index (χ4v) is 3.13. The van der Waals surface area contributed by atoms with Crippen molar-refractivity contribution in [2.24, 2.45) is 0 Å². The van der Waals surface area contributed by atoms with Crippen molar-refractivity contribution in [2.45, 2.75) is 0 Å². The number of nitrogens with one attached hydrogen (secondary N) is 1. The molecule has 0 aliphatic carbocycles. The maximum atomic E-state index is 12.9. The number of amides is 1. The predicted octanol–water partition coefficient (Wildman–Crippen LogP) is 4.21. The molecular weight excluding hydrogens is 392 g/mol. The highest BCUT2D eigenvalue weighted by molar-refractivity contribution is 6.05. The average molecular weight is 414 g/mol. The van der Waals surface area contributed by atoms with Crippen LogP contribution in [0.4, 0.5) is 5.69 Å². The molecule has 0 unspecified atom stereocenters. The average Bonchev–Trinajstić information content (AvgIpc) is 3.31. The van der Waals surface area contributed by atoms with Crippen molar-refractivity contribution >= 4 is 11.6 Å².